The summed E-state index contributed by atoms with van der Waals surface area (Å²) in [6, 6.07) is 2.59. The van der Waals surface area contributed by atoms with Crippen molar-refractivity contribution in [2.24, 2.45) is 0 Å². The number of rotatable bonds is 8. The van der Waals surface area contributed by atoms with E-state index in [4.69, 9.17) is 27.9 Å². The molecule has 0 radical (unpaired) electrons. The molecule has 0 aliphatic carbocycles. The molecule has 1 rings (SSSR count). The molecule has 8 heteroatoms. The Bertz CT molecular complexity index is 579. The quantitative estimate of drug-likeness (QED) is 0.752. The minimum absolute atomic E-state index is 0.0180. The monoisotopic (exact) mass is 354 g/mol. The van der Waals surface area contributed by atoms with E-state index in [2.05, 4.69) is 10.0 Å². The zero-order valence-electron chi connectivity index (χ0n) is 12.2. The van der Waals surface area contributed by atoms with Crippen LogP contribution in [0.3, 0.4) is 0 Å². The first-order valence-electron chi connectivity index (χ1n) is 6.51. The van der Waals surface area contributed by atoms with E-state index in [1.54, 1.807) is 6.92 Å². The number of sulfonamides is 1. The van der Waals surface area contributed by atoms with E-state index < -0.39 is 10.0 Å². The third-order valence-electron chi connectivity index (χ3n) is 2.73. The van der Waals surface area contributed by atoms with E-state index in [0.717, 1.165) is 6.54 Å². The lowest BCUT2D eigenvalue weighted by Gasteiger charge is -2.15. The molecular weight excluding hydrogens is 335 g/mol. The van der Waals surface area contributed by atoms with E-state index in [9.17, 15) is 8.42 Å². The highest BCUT2D eigenvalue weighted by Gasteiger charge is 2.22. The number of hydrogen-bond acceptors (Lipinski definition) is 4. The van der Waals surface area contributed by atoms with Crippen LogP contribution in [-0.2, 0) is 21.3 Å². The van der Waals surface area contributed by atoms with Crippen LogP contribution in [0, 0.1) is 0 Å². The van der Waals surface area contributed by atoms with Gasteiger partial charge in [0.1, 0.15) is 4.90 Å². The highest BCUT2D eigenvalue weighted by atomic mass is 35.5. The first-order valence-corrected chi connectivity index (χ1v) is 8.75. The molecule has 0 aliphatic rings. The molecule has 2 N–H and O–H groups in total. The molecule has 1 aromatic rings. The molecular formula is C13H20Cl2N2O3S. The Morgan fingerprint density at radius 2 is 1.95 bits per heavy atom. The molecule has 0 fully saturated rings. The summed E-state index contributed by atoms with van der Waals surface area (Å²) < 4.78 is 32.2. The van der Waals surface area contributed by atoms with Gasteiger partial charge in [0, 0.05) is 24.7 Å². The zero-order valence-corrected chi connectivity index (χ0v) is 14.6. The predicted octanol–water partition coefficient (Wildman–Crippen LogP) is 2.42. The van der Waals surface area contributed by atoms with E-state index in [0.29, 0.717) is 17.1 Å². The normalized spacial score (nSPS) is 13.4. The first-order chi connectivity index (χ1) is 9.81. The predicted molar refractivity (Wildman–Crippen MR) is 85.5 cm³/mol. The standard InChI is InChI=1S/C13H20Cl2N2O3S/c1-4-16-7-10-5-13(12(15)6-11(10)14)21(18,19)17-9(2)8-20-3/h5-6,9,16-17H,4,7-8H2,1-3H3. The summed E-state index contributed by atoms with van der Waals surface area (Å²) >= 11 is 12.1. The second-order valence-electron chi connectivity index (χ2n) is 4.63. The maximum absolute atomic E-state index is 12.4. The summed E-state index contributed by atoms with van der Waals surface area (Å²) in [4.78, 5) is 0.0180. The Morgan fingerprint density at radius 3 is 2.52 bits per heavy atom. The van der Waals surface area contributed by atoms with Crippen LogP contribution in [-0.4, -0.2) is 34.7 Å². The molecule has 21 heavy (non-hydrogen) atoms. The van der Waals surface area contributed by atoms with Crippen LogP contribution in [0.5, 0.6) is 0 Å². The average molecular weight is 355 g/mol. The highest BCUT2D eigenvalue weighted by molar-refractivity contribution is 7.89. The van der Waals surface area contributed by atoms with E-state index in [-0.39, 0.29) is 22.6 Å². The molecule has 0 saturated carbocycles. The second-order valence-corrected chi connectivity index (χ2v) is 7.13. The van der Waals surface area contributed by atoms with Gasteiger partial charge in [-0.25, -0.2) is 13.1 Å². The Kier molecular flexibility index (Phi) is 7.39. The van der Waals surface area contributed by atoms with Crippen molar-refractivity contribution in [3.05, 3.63) is 27.7 Å². The van der Waals surface area contributed by atoms with Crippen LogP contribution in [0.1, 0.15) is 19.4 Å². The van der Waals surface area contributed by atoms with Gasteiger partial charge in [-0.15, -0.1) is 0 Å². The Hall–Kier alpha value is -0.370. The van der Waals surface area contributed by atoms with E-state index in [1.807, 2.05) is 6.92 Å². The molecule has 120 valence electrons. The van der Waals surface area contributed by atoms with Gasteiger partial charge in [0.25, 0.3) is 0 Å². The van der Waals surface area contributed by atoms with E-state index in [1.165, 1.54) is 19.2 Å². The van der Waals surface area contributed by atoms with Crippen LogP contribution in [0.4, 0.5) is 0 Å². The summed E-state index contributed by atoms with van der Waals surface area (Å²) in [5.41, 5.74) is 0.683. The summed E-state index contributed by atoms with van der Waals surface area (Å²) in [6.45, 7) is 5.17. The largest absolute Gasteiger partial charge is 0.383 e. The molecule has 0 bridgehead atoms. The lowest BCUT2D eigenvalue weighted by molar-refractivity contribution is 0.180. The van der Waals surface area contributed by atoms with Gasteiger partial charge >= 0.3 is 0 Å². The molecule has 0 aromatic heterocycles. The molecule has 1 unspecified atom stereocenters. The Balaban J connectivity index is 3.10. The van der Waals surface area contributed by atoms with Gasteiger partial charge in [-0.2, -0.15) is 0 Å². The number of ether oxygens (including phenoxy) is 1. The number of halogens is 2. The maximum atomic E-state index is 12.4. The third kappa shape index (κ3) is 5.39. The fourth-order valence-corrected chi connectivity index (χ4v) is 3.88. The second kappa shape index (κ2) is 8.31. The van der Waals surface area contributed by atoms with Gasteiger partial charge in [0.15, 0.2) is 0 Å². The molecule has 0 spiro atoms. The summed E-state index contributed by atoms with van der Waals surface area (Å²) in [6.07, 6.45) is 0. The van der Waals surface area contributed by atoms with Crippen LogP contribution in [0.15, 0.2) is 17.0 Å². The minimum atomic E-state index is -3.73. The number of methoxy groups -OCH3 is 1. The van der Waals surface area contributed by atoms with Crippen molar-refractivity contribution in [1.82, 2.24) is 10.0 Å². The fraction of sp³-hybridized carbons (Fsp3) is 0.538. The van der Waals surface area contributed by atoms with Crippen molar-refractivity contribution < 1.29 is 13.2 Å². The molecule has 1 aromatic carbocycles. The molecule has 0 amide bonds. The van der Waals surface area contributed by atoms with Gasteiger partial charge in [-0.1, -0.05) is 30.1 Å². The SMILES string of the molecule is CCNCc1cc(S(=O)(=O)NC(C)COC)c(Cl)cc1Cl. The molecule has 0 heterocycles. The smallest absolute Gasteiger partial charge is 0.242 e. The van der Waals surface area contributed by atoms with Gasteiger partial charge in [0.2, 0.25) is 10.0 Å². The topological polar surface area (TPSA) is 67.4 Å². The van der Waals surface area contributed by atoms with Crippen molar-refractivity contribution in [2.75, 3.05) is 20.3 Å². The first kappa shape index (κ1) is 18.7. The third-order valence-corrected chi connectivity index (χ3v) is 5.13. The maximum Gasteiger partial charge on any atom is 0.242 e. The molecule has 0 saturated heterocycles. The average Bonchev–Trinajstić information content (AvgIpc) is 2.37. The highest BCUT2D eigenvalue weighted by Crippen LogP contribution is 2.28. The van der Waals surface area contributed by atoms with Crippen LogP contribution in [0.2, 0.25) is 10.0 Å². The van der Waals surface area contributed by atoms with Gasteiger partial charge in [0.05, 0.1) is 11.6 Å². The van der Waals surface area contributed by atoms with Crippen molar-refractivity contribution >= 4 is 33.2 Å². The van der Waals surface area contributed by atoms with Crippen molar-refractivity contribution in [3.8, 4) is 0 Å². The molecule has 0 aliphatic heterocycles. The summed E-state index contributed by atoms with van der Waals surface area (Å²) in [7, 11) is -2.22. The van der Waals surface area contributed by atoms with Crippen molar-refractivity contribution in [1.29, 1.82) is 0 Å². The summed E-state index contributed by atoms with van der Waals surface area (Å²) in [5, 5.41) is 3.63. The van der Waals surface area contributed by atoms with Gasteiger partial charge < -0.3 is 10.1 Å². The van der Waals surface area contributed by atoms with Crippen LogP contribution in [0.25, 0.3) is 0 Å². The minimum Gasteiger partial charge on any atom is -0.383 e. The number of nitrogens with one attached hydrogen (secondary N) is 2. The lowest BCUT2D eigenvalue weighted by Crippen LogP contribution is -2.35. The summed E-state index contributed by atoms with van der Waals surface area (Å²) in [5.74, 6) is 0. The van der Waals surface area contributed by atoms with Crippen molar-refractivity contribution in [3.63, 3.8) is 0 Å². The Labute approximate surface area is 136 Å². The number of hydrogen-bond donors (Lipinski definition) is 2. The fourth-order valence-electron chi connectivity index (χ4n) is 1.78. The molecule has 1 atom stereocenters. The van der Waals surface area contributed by atoms with Gasteiger partial charge in [-0.05, 0) is 31.2 Å². The van der Waals surface area contributed by atoms with Crippen molar-refractivity contribution in [2.45, 2.75) is 31.3 Å². The van der Waals surface area contributed by atoms with Gasteiger partial charge in [-0.3, -0.25) is 0 Å². The number of benzene rings is 1. The Morgan fingerprint density at radius 1 is 1.29 bits per heavy atom. The zero-order chi connectivity index (χ0) is 16.0. The lowest BCUT2D eigenvalue weighted by atomic mass is 10.2. The van der Waals surface area contributed by atoms with Crippen LogP contribution >= 0.6 is 23.2 Å². The molecule has 5 nitrogen and oxygen atoms in total. The van der Waals surface area contributed by atoms with E-state index >= 15 is 0 Å². The van der Waals surface area contributed by atoms with Crippen LogP contribution < -0.4 is 10.0 Å².